The summed E-state index contributed by atoms with van der Waals surface area (Å²) in [5.41, 5.74) is 1.82. The van der Waals surface area contributed by atoms with Gasteiger partial charge in [0.25, 0.3) is 5.56 Å². The van der Waals surface area contributed by atoms with E-state index in [1.165, 1.54) is 26.2 Å². The van der Waals surface area contributed by atoms with Crippen molar-refractivity contribution in [2.24, 2.45) is 5.92 Å². The van der Waals surface area contributed by atoms with Crippen molar-refractivity contribution in [1.29, 1.82) is 5.26 Å². The second-order valence-electron chi connectivity index (χ2n) is 8.70. The monoisotopic (exact) mass is 465 g/mol. The smallest absolute Gasteiger partial charge is 0.250 e. The SMILES string of the molecule is CN(C)S(=O)(=O)c1ccc(-c2nc(C#N)c(N3CC4CC(C3)c3cccc(=O)n3C4)o2)cc1. The van der Waals surface area contributed by atoms with Gasteiger partial charge in [-0.2, -0.15) is 10.2 Å². The summed E-state index contributed by atoms with van der Waals surface area (Å²) in [5.74, 6) is 1.12. The average Bonchev–Trinajstić information content (AvgIpc) is 3.24. The van der Waals surface area contributed by atoms with E-state index in [1.54, 1.807) is 24.3 Å². The third-order valence-corrected chi connectivity index (χ3v) is 8.19. The minimum Gasteiger partial charge on any atom is -0.419 e. The molecule has 0 amide bonds. The van der Waals surface area contributed by atoms with E-state index in [9.17, 15) is 18.5 Å². The predicted octanol–water partition coefficient (Wildman–Crippen LogP) is 2.25. The van der Waals surface area contributed by atoms with Crippen LogP contribution in [0.2, 0.25) is 0 Å². The number of fused-ring (bicyclic) bond motifs is 4. The van der Waals surface area contributed by atoms with Gasteiger partial charge in [0.15, 0.2) is 0 Å². The Kier molecular flexibility index (Phi) is 5.11. The first-order chi connectivity index (χ1) is 15.8. The Labute approximate surface area is 191 Å². The van der Waals surface area contributed by atoms with Crippen molar-refractivity contribution < 1.29 is 12.8 Å². The highest BCUT2D eigenvalue weighted by Crippen LogP contribution is 2.39. The number of oxazole rings is 1. The first-order valence-corrected chi connectivity index (χ1v) is 12.1. The van der Waals surface area contributed by atoms with Gasteiger partial charge in [-0.1, -0.05) is 6.07 Å². The molecule has 3 aromatic rings. The van der Waals surface area contributed by atoms with Crippen LogP contribution in [0.5, 0.6) is 0 Å². The summed E-state index contributed by atoms with van der Waals surface area (Å²) in [6, 6.07) is 13.8. The first kappa shape index (κ1) is 21.4. The van der Waals surface area contributed by atoms with Crippen LogP contribution in [0.1, 0.15) is 23.7 Å². The summed E-state index contributed by atoms with van der Waals surface area (Å²) in [5, 5.41) is 9.69. The second kappa shape index (κ2) is 7.86. The zero-order valence-electron chi connectivity index (χ0n) is 18.3. The third kappa shape index (κ3) is 3.63. The molecule has 33 heavy (non-hydrogen) atoms. The summed E-state index contributed by atoms with van der Waals surface area (Å²) < 4.78 is 33.7. The molecule has 2 aliphatic heterocycles. The molecule has 0 N–H and O–H groups in total. The van der Waals surface area contributed by atoms with Crippen molar-refractivity contribution in [1.82, 2.24) is 13.9 Å². The normalized spacial score (nSPS) is 19.9. The lowest BCUT2D eigenvalue weighted by atomic mass is 9.83. The van der Waals surface area contributed by atoms with Crippen molar-refractivity contribution in [3.63, 3.8) is 0 Å². The van der Waals surface area contributed by atoms with Crippen LogP contribution in [0.25, 0.3) is 11.5 Å². The Morgan fingerprint density at radius 3 is 2.58 bits per heavy atom. The van der Waals surface area contributed by atoms with Crippen molar-refractivity contribution >= 4 is 15.9 Å². The van der Waals surface area contributed by atoms with Crippen LogP contribution in [0.15, 0.2) is 56.6 Å². The maximum absolute atomic E-state index is 12.3. The van der Waals surface area contributed by atoms with Gasteiger partial charge in [-0.15, -0.1) is 0 Å². The standard InChI is InChI=1S/C23H23N5O4S/c1-26(2)33(30,31)18-8-6-16(7-9-18)22-25-19(11-24)23(32-22)27-12-15-10-17(14-27)20-4-3-5-21(29)28(20)13-15/h3-9,15,17H,10,12-14H2,1-2H3. The van der Waals surface area contributed by atoms with Crippen LogP contribution < -0.4 is 10.5 Å². The summed E-state index contributed by atoms with van der Waals surface area (Å²) >= 11 is 0. The molecule has 1 saturated heterocycles. The molecule has 2 aromatic heterocycles. The molecule has 2 aliphatic rings. The van der Waals surface area contributed by atoms with Gasteiger partial charge in [0, 0.05) is 57.0 Å². The molecule has 0 aliphatic carbocycles. The number of rotatable bonds is 4. The highest BCUT2D eigenvalue weighted by molar-refractivity contribution is 7.89. The zero-order valence-corrected chi connectivity index (χ0v) is 19.1. The first-order valence-electron chi connectivity index (χ1n) is 10.7. The van der Waals surface area contributed by atoms with Gasteiger partial charge in [0.2, 0.25) is 27.5 Å². The topological polar surface area (TPSA) is 112 Å². The number of hydrogen-bond acceptors (Lipinski definition) is 7. The fourth-order valence-electron chi connectivity index (χ4n) is 4.77. The number of piperidine rings is 1. The molecule has 1 fully saturated rings. The highest BCUT2D eigenvalue weighted by atomic mass is 32.2. The molecule has 0 radical (unpaired) electrons. The molecule has 2 atom stereocenters. The molecule has 0 saturated carbocycles. The molecule has 4 heterocycles. The van der Waals surface area contributed by atoms with Crippen molar-refractivity contribution in [2.75, 3.05) is 32.1 Å². The highest BCUT2D eigenvalue weighted by Gasteiger charge is 2.36. The maximum atomic E-state index is 12.3. The van der Waals surface area contributed by atoms with E-state index in [0.717, 1.165) is 16.4 Å². The maximum Gasteiger partial charge on any atom is 0.250 e. The van der Waals surface area contributed by atoms with Crippen LogP contribution in [0.3, 0.4) is 0 Å². The fourth-order valence-corrected chi connectivity index (χ4v) is 5.67. The lowest BCUT2D eigenvalue weighted by molar-refractivity contribution is 0.275. The number of anilines is 1. The Morgan fingerprint density at radius 1 is 1.12 bits per heavy atom. The van der Waals surface area contributed by atoms with Crippen LogP contribution in [-0.2, 0) is 16.6 Å². The van der Waals surface area contributed by atoms with Crippen molar-refractivity contribution in [3.8, 4) is 17.5 Å². The largest absolute Gasteiger partial charge is 0.419 e. The van der Waals surface area contributed by atoms with Gasteiger partial charge in [0.1, 0.15) is 6.07 Å². The number of nitrogens with zero attached hydrogens (tertiary/aromatic N) is 5. The van der Waals surface area contributed by atoms with Gasteiger partial charge in [-0.25, -0.2) is 12.7 Å². The molecule has 0 spiro atoms. The lowest BCUT2D eigenvalue weighted by Crippen LogP contribution is -2.47. The van der Waals surface area contributed by atoms with Crippen LogP contribution in [-0.4, -0.2) is 49.5 Å². The van der Waals surface area contributed by atoms with E-state index in [0.29, 0.717) is 31.1 Å². The Balaban J connectivity index is 1.45. The number of aromatic nitrogens is 2. The number of sulfonamides is 1. The third-order valence-electron chi connectivity index (χ3n) is 6.36. The van der Waals surface area contributed by atoms with Crippen LogP contribution in [0.4, 0.5) is 5.88 Å². The Hall–Kier alpha value is -3.42. The average molecular weight is 466 g/mol. The Morgan fingerprint density at radius 2 is 1.88 bits per heavy atom. The van der Waals surface area contributed by atoms with E-state index in [1.807, 2.05) is 15.5 Å². The summed E-state index contributed by atoms with van der Waals surface area (Å²) in [4.78, 5) is 18.8. The van der Waals surface area contributed by atoms with Crippen LogP contribution in [0, 0.1) is 17.2 Å². The summed E-state index contributed by atoms with van der Waals surface area (Å²) in [7, 11) is -0.584. The molecule has 170 valence electrons. The molecular formula is C23H23N5O4S. The quantitative estimate of drug-likeness (QED) is 0.581. The minimum atomic E-state index is -3.54. The zero-order chi connectivity index (χ0) is 23.3. The minimum absolute atomic E-state index is 0.0232. The molecular weight excluding hydrogens is 442 g/mol. The van der Waals surface area contributed by atoms with Crippen molar-refractivity contribution in [2.45, 2.75) is 23.8 Å². The molecule has 9 nitrogen and oxygen atoms in total. The molecule has 1 aromatic carbocycles. The predicted molar refractivity (Wildman–Crippen MR) is 121 cm³/mol. The number of nitriles is 1. The van der Waals surface area contributed by atoms with E-state index in [-0.39, 0.29) is 33.9 Å². The number of benzene rings is 1. The van der Waals surface area contributed by atoms with E-state index in [2.05, 4.69) is 11.1 Å². The van der Waals surface area contributed by atoms with E-state index >= 15 is 0 Å². The number of pyridine rings is 1. The van der Waals surface area contributed by atoms with Gasteiger partial charge in [0.05, 0.1) is 4.90 Å². The fraction of sp³-hybridized carbons (Fsp3) is 0.348. The molecule has 2 bridgehead atoms. The Bertz CT molecular complexity index is 1420. The van der Waals surface area contributed by atoms with Gasteiger partial charge >= 0.3 is 0 Å². The lowest BCUT2D eigenvalue weighted by Gasteiger charge is -2.42. The van der Waals surface area contributed by atoms with Gasteiger partial charge in [-0.05, 0) is 42.7 Å². The second-order valence-corrected chi connectivity index (χ2v) is 10.9. The summed E-state index contributed by atoms with van der Waals surface area (Å²) in [6.45, 7) is 1.94. The molecule has 10 heteroatoms. The molecule has 5 rings (SSSR count). The van der Waals surface area contributed by atoms with Crippen LogP contribution >= 0.6 is 0 Å². The van der Waals surface area contributed by atoms with Gasteiger partial charge < -0.3 is 13.9 Å². The van der Waals surface area contributed by atoms with Gasteiger partial charge in [-0.3, -0.25) is 4.79 Å². The van der Waals surface area contributed by atoms with Crippen molar-refractivity contribution in [3.05, 3.63) is 64.2 Å². The van der Waals surface area contributed by atoms with E-state index < -0.39 is 10.0 Å². The summed E-state index contributed by atoms with van der Waals surface area (Å²) in [6.07, 6.45) is 0.991. The number of hydrogen-bond donors (Lipinski definition) is 0. The molecule has 2 unspecified atom stereocenters. The van der Waals surface area contributed by atoms with E-state index in [4.69, 9.17) is 4.42 Å².